The molecule has 0 bridgehead atoms. The Morgan fingerprint density at radius 3 is 2.20 bits per heavy atom. The zero-order valence-electron chi connectivity index (χ0n) is 39.6. The number of furan rings is 1. The Morgan fingerprint density at radius 2 is 1.46 bits per heavy atom. The molecule has 50 heavy (non-hydrogen) atoms. The van der Waals surface area contributed by atoms with Gasteiger partial charge in [-0.05, 0) is 93.6 Å². The van der Waals surface area contributed by atoms with Crippen molar-refractivity contribution in [3.05, 3.63) is 155 Å². The van der Waals surface area contributed by atoms with E-state index in [4.69, 9.17) is 20.9 Å². The number of para-hydroxylation sites is 1. The summed E-state index contributed by atoms with van der Waals surface area (Å²) in [7, 11) is 0. The van der Waals surface area contributed by atoms with E-state index in [1.807, 2.05) is 48.5 Å². The van der Waals surface area contributed by atoms with E-state index in [0.717, 1.165) is 32.7 Å². The Hall–Kier alpha value is -4.89. The standard InChI is InChI=1S/C33H28NO.C13H12N.Ir/c1-20-15-23-16-24(33(3,4)5)14-13-22(23)17-28(20)29-18-30(34-19-21(29)2)27-11-8-10-26-25-9-6-7-12-31(25)35-32(26)27;1-10-3-6-12(7-4-10)13-8-5-11(2)9-14-13;/h6-10,12-19H,1-5H3;3-6,8-9H,1-2H3;/q2*-1;/i2*1D3,2D3;. The molecule has 4 heteroatoms. The molecule has 3 heterocycles. The Kier molecular flexibility index (Phi) is 6.44. The van der Waals surface area contributed by atoms with Gasteiger partial charge in [0.15, 0.2) is 0 Å². The molecule has 0 aliphatic carbocycles. The predicted octanol–water partition coefficient (Wildman–Crippen LogP) is 12.3. The van der Waals surface area contributed by atoms with E-state index in [1.54, 1.807) is 36.4 Å². The smallest absolute Gasteiger partial charge is 0.120 e. The second-order valence-electron chi connectivity index (χ2n) is 12.9. The van der Waals surface area contributed by atoms with Crippen molar-refractivity contribution < 1.29 is 41.0 Å². The van der Waals surface area contributed by atoms with Gasteiger partial charge < -0.3 is 14.4 Å². The molecule has 1 radical (unpaired) electrons. The molecule has 0 fully saturated rings. The molecule has 5 aromatic carbocycles. The minimum absolute atomic E-state index is 0. The number of aromatic nitrogens is 2. The zero-order chi connectivity index (χ0) is 44.3. The van der Waals surface area contributed by atoms with Gasteiger partial charge in [-0.15, -0.1) is 53.6 Å². The third-order valence-electron chi connectivity index (χ3n) is 8.48. The van der Waals surface area contributed by atoms with Crippen molar-refractivity contribution >= 4 is 32.7 Å². The van der Waals surface area contributed by atoms with Crippen LogP contribution in [0.25, 0.3) is 66.4 Å². The molecule has 0 aliphatic rings. The molecular formula is C46H40IrN2O-2. The van der Waals surface area contributed by atoms with Gasteiger partial charge in [0.1, 0.15) is 5.58 Å². The first kappa shape index (κ1) is 22.8. The van der Waals surface area contributed by atoms with Gasteiger partial charge in [-0.2, -0.15) is 0 Å². The van der Waals surface area contributed by atoms with E-state index in [1.165, 1.54) is 30.6 Å². The summed E-state index contributed by atoms with van der Waals surface area (Å²) >= 11 is 0. The maximum absolute atomic E-state index is 8.38. The molecule has 8 aromatic rings. The molecule has 3 nitrogen and oxygen atoms in total. The normalized spacial score (nSPS) is 15.9. The minimum atomic E-state index is -2.52. The Balaban J connectivity index is 0.000000258. The number of benzene rings is 5. The van der Waals surface area contributed by atoms with Crippen molar-refractivity contribution in [2.24, 2.45) is 0 Å². The van der Waals surface area contributed by atoms with E-state index in [9.17, 15) is 0 Å². The van der Waals surface area contributed by atoms with Crippen LogP contribution in [0.5, 0.6) is 0 Å². The minimum Gasteiger partial charge on any atom is -0.501 e. The maximum Gasteiger partial charge on any atom is 0.120 e. The average molecular weight is 841 g/mol. The molecule has 0 amide bonds. The quantitative estimate of drug-likeness (QED) is 0.166. The molecular weight excluding hydrogens is 789 g/mol. The van der Waals surface area contributed by atoms with Gasteiger partial charge >= 0.3 is 0 Å². The Labute approximate surface area is 325 Å². The summed E-state index contributed by atoms with van der Waals surface area (Å²) in [6.45, 7) is -3.03. The molecule has 0 spiro atoms. The van der Waals surface area contributed by atoms with Crippen molar-refractivity contribution in [2.75, 3.05) is 0 Å². The summed E-state index contributed by atoms with van der Waals surface area (Å²) in [6.07, 6.45) is 2.62. The predicted molar refractivity (Wildman–Crippen MR) is 205 cm³/mol. The second kappa shape index (κ2) is 14.2. The fraction of sp³-hybridized carbons (Fsp3) is 0.174. The van der Waals surface area contributed by atoms with Crippen LogP contribution in [0, 0.1) is 39.5 Å². The number of fused-ring (bicyclic) bond motifs is 4. The maximum atomic E-state index is 8.38. The van der Waals surface area contributed by atoms with Gasteiger partial charge in [-0.25, -0.2) is 0 Å². The van der Waals surface area contributed by atoms with Crippen LogP contribution in [-0.2, 0) is 25.5 Å². The number of hydrogen-bond donors (Lipinski definition) is 0. The number of nitrogens with zero attached hydrogens (tertiary/aromatic N) is 2. The summed E-state index contributed by atoms with van der Waals surface area (Å²) < 4.78 is 99.7. The van der Waals surface area contributed by atoms with E-state index in [2.05, 4.69) is 42.9 Å². The first-order valence-corrected chi connectivity index (χ1v) is 15.8. The van der Waals surface area contributed by atoms with Crippen LogP contribution in [0.2, 0.25) is 0 Å². The Bertz CT molecular complexity index is 2830. The van der Waals surface area contributed by atoms with Gasteiger partial charge in [0, 0.05) is 54.3 Å². The van der Waals surface area contributed by atoms with Crippen molar-refractivity contribution in [3.63, 3.8) is 0 Å². The molecule has 0 atom stereocenters. The largest absolute Gasteiger partial charge is 0.501 e. The number of hydrogen-bond acceptors (Lipinski definition) is 3. The summed E-state index contributed by atoms with van der Waals surface area (Å²) in [6, 6.07) is 36.2. The first-order valence-electron chi connectivity index (χ1n) is 21.8. The van der Waals surface area contributed by atoms with Crippen molar-refractivity contribution in [1.29, 1.82) is 0 Å². The van der Waals surface area contributed by atoms with Crippen molar-refractivity contribution in [1.82, 2.24) is 9.97 Å². The topological polar surface area (TPSA) is 38.9 Å². The molecule has 0 N–H and O–H groups in total. The molecule has 8 rings (SSSR count). The van der Waals surface area contributed by atoms with Crippen LogP contribution in [-0.4, -0.2) is 9.97 Å². The summed E-state index contributed by atoms with van der Waals surface area (Å²) in [4.78, 5) is 8.60. The molecule has 0 saturated carbocycles. The van der Waals surface area contributed by atoms with E-state index >= 15 is 0 Å². The third kappa shape index (κ3) is 7.05. The van der Waals surface area contributed by atoms with Crippen LogP contribution in [0.15, 0.2) is 120 Å². The summed E-state index contributed by atoms with van der Waals surface area (Å²) in [5.41, 5.74) is 5.53. The molecule has 251 valence electrons. The fourth-order valence-corrected chi connectivity index (χ4v) is 5.82. The van der Waals surface area contributed by atoms with E-state index in [-0.39, 0.29) is 47.8 Å². The summed E-state index contributed by atoms with van der Waals surface area (Å²) in [5.74, 6) is 0. The van der Waals surface area contributed by atoms with Crippen LogP contribution >= 0.6 is 0 Å². The van der Waals surface area contributed by atoms with Gasteiger partial charge in [0.25, 0.3) is 0 Å². The van der Waals surface area contributed by atoms with Crippen LogP contribution < -0.4 is 0 Å². The Morgan fingerprint density at radius 1 is 0.660 bits per heavy atom. The van der Waals surface area contributed by atoms with Crippen LogP contribution in [0.4, 0.5) is 0 Å². The van der Waals surface area contributed by atoms with E-state index in [0.29, 0.717) is 39.2 Å². The number of pyridine rings is 2. The van der Waals surface area contributed by atoms with Crippen LogP contribution in [0.1, 0.15) is 65.0 Å². The van der Waals surface area contributed by atoms with Crippen molar-refractivity contribution in [2.45, 2.75) is 53.6 Å². The zero-order valence-corrected chi connectivity index (χ0v) is 30.0. The summed E-state index contributed by atoms with van der Waals surface area (Å²) in [5, 5.41) is 3.45. The third-order valence-corrected chi connectivity index (χ3v) is 8.48. The van der Waals surface area contributed by atoms with Gasteiger partial charge in [0.2, 0.25) is 0 Å². The van der Waals surface area contributed by atoms with Gasteiger partial charge in [0.05, 0.1) is 5.58 Å². The molecule has 0 aliphatic heterocycles. The fourth-order valence-electron chi connectivity index (χ4n) is 5.82. The van der Waals surface area contributed by atoms with Gasteiger partial charge in [-0.3, -0.25) is 0 Å². The first-order chi connectivity index (χ1) is 28.4. The average Bonchev–Trinajstić information content (AvgIpc) is 3.58. The number of aryl methyl sites for hydroxylation is 4. The van der Waals surface area contributed by atoms with Gasteiger partial charge in [-0.1, -0.05) is 99.2 Å². The van der Waals surface area contributed by atoms with Crippen molar-refractivity contribution in [3.8, 4) is 33.6 Å². The molecule has 3 aromatic heterocycles. The second-order valence-corrected chi connectivity index (χ2v) is 12.9. The monoisotopic (exact) mass is 841 g/mol. The van der Waals surface area contributed by atoms with Crippen LogP contribution in [0.3, 0.4) is 0 Å². The van der Waals surface area contributed by atoms with E-state index < -0.39 is 27.4 Å². The molecule has 0 saturated heterocycles. The molecule has 0 unspecified atom stereocenters. The SMILES string of the molecule is [2H]C([2H])([2H])c1c[c-]c(-c2ccc(C([2H])([2H])[2H])cn2)cc1.[2H]C([2H])([2H])c1cnc(-c2[c-]ccc3c2oc2ccccc23)cc1-c1cc2ccc(C(C)(C)C)cc2cc1C([2H])([2H])[2H].[Ir]. The number of rotatable bonds is 3.